The van der Waals surface area contributed by atoms with Crippen molar-refractivity contribution in [3.8, 4) is 67.5 Å². The van der Waals surface area contributed by atoms with E-state index in [-0.39, 0.29) is 0 Å². The number of benzene rings is 4. The number of hydrogen-bond donors (Lipinski definition) is 2. The van der Waals surface area contributed by atoms with Gasteiger partial charge in [-0.3, -0.25) is 0 Å². The summed E-state index contributed by atoms with van der Waals surface area (Å²) in [5.74, 6) is 13.4. The van der Waals surface area contributed by atoms with Crippen LogP contribution in [0.3, 0.4) is 0 Å². The molecular formula is C88H86N4O4. The van der Waals surface area contributed by atoms with E-state index >= 15 is 0 Å². The van der Waals surface area contributed by atoms with Crippen molar-refractivity contribution in [3.05, 3.63) is 136 Å². The molecule has 2 N–H and O–H groups in total. The van der Waals surface area contributed by atoms with Gasteiger partial charge >= 0.3 is 0 Å². The Morgan fingerprint density at radius 3 is 0.542 bits per heavy atom. The summed E-state index contributed by atoms with van der Waals surface area (Å²) in [5.41, 5.74) is 45.7. The van der Waals surface area contributed by atoms with E-state index in [1.165, 1.54) is 244 Å². The Kier molecular flexibility index (Phi) is 10.4. The highest BCUT2D eigenvalue weighted by Gasteiger charge is 2.55. The number of H-pyrrole nitrogens is 2. The van der Waals surface area contributed by atoms with E-state index in [0.29, 0.717) is 94.7 Å². The van der Waals surface area contributed by atoms with E-state index in [0.717, 1.165) is 22.8 Å². The Hall–Kier alpha value is -7.32. The number of fused-ring (bicyclic) bond motifs is 48. The molecule has 8 heteroatoms. The third kappa shape index (κ3) is 6.35. The van der Waals surface area contributed by atoms with Crippen molar-refractivity contribution in [3.63, 3.8) is 0 Å². The Morgan fingerprint density at radius 1 is 0.229 bits per heavy atom. The van der Waals surface area contributed by atoms with Crippen molar-refractivity contribution in [1.82, 2.24) is 19.9 Å². The Bertz CT molecular complexity index is 4310. The molecule has 0 amide bonds. The van der Waals surface area contributed by atoms with Gasteiger partial charge in [-0.25, -0.2) is 9.97 Å². The predicted molar refractivity (Wildman–Crippen MR) is 381 cm³/mol. The number of ether oxygens (including phenoxy) is 4. The van der Waals surface area contributed by atoms with Crippen LogP contribution in [-0.2, 0) is 0 Å². The molecule has 8 saturated carbocycles. The first-order valence-electron chi connectivity index (χ1n) is 38.7. The third-order valence-corrected chi connectivity index (χ3v) is 31.0. The van der Waals surface area contributed by atoms with Gasteiger partial charge in [-0.15, -0.1) is 0 Å². The SMILES string of the molecule is COc1c2c(c(-c3c4nc(c(-c5c6c(c(OC)c7c5[C@@H]5CC[C@H]7C5)[C@H]5CC[C@@H]6C5)c5ccc([nH]5)c(-c5c6c(c(OC)c7c5[C@@H]5CC[C@H]7C5)[C@H]5CC[C@@H]6C5)c5nc(c(-c6c7c(c(OC)c8c6[C@@H]6CC[C@H]8C6)[C@H]6CC[C@@H]7C6)c6ccc3[nH]6)C=C5)C=C4)c3c1[C@H]1CC[C@@H]3C1)[C@@H]1CC[C@H]2C1. The number of methoxy groups -OCH3 is 4. The lowest BCUT2D eigenvalue weighted by Crippen LogP contribution is -2.13. The number of nitrogens with zero attached hydrogens (tertiary/aromatic N) is 2. The number of hydrogen-bond acceptors (Lipinski definition) is 6. The maximum Gasteiger partial charge on any atom is 0.126 e. The van der Waals surface area contributed by atoms with Crippen molar-refractivity contribution in [1.29, 1.82) is 0 Å². The van der Waals surface area contributed by atoms with Gasteiger partial charge in [0.2, 0.25) is 0 Å². The summed E-state index contributed by atoms with van der Waals surface area (Å²) in [7, 11) is 7.99. The normalized spacial score (nSPS) is 32.5. The minimum atomic E-state index is 0.512. The summed E-state index contributed by atoms with van der Waals surface area (Å²) in [5, 5.41) is 0. The lowest BCUT2D eigenvalue weighted by molar-refractivity contribution is 0.397. The zero-order valence-corrected chi connectivity index (χ0v) is 56.4. The van der Waals surface area contributed by atoms with Gasteiger partial charge in [-0.1, -0.05) is 0 Å². The van der Waals surface area contributed by atoms with Gasteiger partial charge in [0, 0.05) is 88.8 Å². The lowest BCUT2D eigenvalue weighted by atomic mass is 9.76. The van der Waals surface area contributed by atoms with Gasteiger partial charge in [-0.2, -0.15) is 0 Å². The van der Waals surface area contributed by atoms with Crippen LogP contribution in [-0.4, -0.2) is 48.4 Å². The molecule has 0 unspecified atom stereocenters. The fourth-order valence-electron chi connectivity index (χ4n) is 28.1. The van der Waals surface area contributed by atoms with Crippen LogP contribution >= 0.6 is 0 Å². The molecule has 8 fully saturated rings. The summed E-state index contributed by atoms with van der Waals surface area (Å²) in [4.78, 5) is 21.9. The van der Waals surface area contributed by atoms with Crippen molar-refractivity contribution >= 4 is 46.4 Å². The van der Waals surface area contributed by atoms with Gasteiger partial charge in [0.25, 0.3) is 0 Å². The molecule has 96 heavy (non-hydrogen) atoms. The second-order valence-electron chi connectivity index (χ2n) is 34.4. The maximum atomic E-state index is 6.82. The molecule has 482 valence electrons. The van der Waals surface area contributed by atoms with Gasteiger partial charge < -0.3 is 28.9 Å². The quantitative estimate of drug-likeness (QED) is 0.157. The highest BCUT2D eigenvalue weighted by molar-refractivity contribution is 6.05. The van der Waals surface area contributed by atoms with E-state index in [9.17, 15) is 0 Å². The third-order valence-electron chi connectivity index (χ3n) is 31.0. The lowest BCUT2D eigenvalue weighted by Gasteiger charge is -2.31. The second-order valence-corrected chi connectivity index (χ2v) is 34.4. The first-order valence-corrected chi connectivity index (χ1v) is 38.7. The van der Waals surface area contributed by atoms with Crippen LogP contribution in [0.2, 0.25) is 0 Å². The first-order chi connectivity index (χ1) is 47.4. The first kappa shape index (κ1) is 53.7. The van der Waals surface area contributed by atoms with Crippen molar-refractivity contribution in [2.75, 3.05) is 28.4 Å². The van der Waals surface area contributed by atoms with Crippen molar-refractivity contribution < 1.29 is 18.9 Å². The van der Waals surface area contributed by atoms with Crippen LogP contribution < -0.4 is 18.9 Å². The standard InChI is InChI=1S/C88H86N4O4/c1-93-85-69-45-13-5-37(29-45)61(69)81(62-38-6-14-46(30-38)70(62)85)77-53-21-23-55(89-53)78(82-63-39-7-15-47(31-39)71(63)86(94-2)72-48-16-8-40(32-48)64(72)82)57-25-27-59(91-57)80(84-67-43-11-19-51(35-43)75(67)88(96-4)76-52-20-12-44(36-52)68(76)84)60-28-26-58(92-60)79(56-24-22-54(77)90-56)83-65-41-9-17-49(33-41)73(65)87(95-3)74-50-18-10-42(34-50)66(74)83/h21-28,37-52,89,92H,5-20,29-36H2,1-4H3/t37-,38-,39-,40-,41-,42-,43-,44-,45+,46+,47+,48+,49+,50+,51+,52+/m1/s1. The number of nitrogens with one attached hydrogen (secondary N) is 2. The van der Waals surface area contributed by atoms with Crippen LogP contribution in [0.15, 0.2) is 24.3 Å². The van der Waals surface area contributed by atoms with E-state index in [2.05, 4.69) is 58.5 Å². The molecule has 0 spiro atoms. The fourth-order valence-corrected chi connectivity index (χ4v) is 28.1. The molecule has 18 aliphatic rings. The summed E-state index contributed by atoms with van der Waals surface area (Å²) in [6.07, 6.45) is 39.9. The van der Waals surface area contributed by atoms with Gasteiger partial charge in [0.15, 0.2) is 0 Å². The number of aromatic nitrogens is 4. The van der Waals surface area contributed by atoms with Crippen LogP contribution in [0.5, 0.6) is 23.0 Å². The monoisotopic (exact) mass is 1260 g/mol. The van der Waals surface area contributed by atoms with E-state index < -0.39 is 0 Å². The molecule has 16 atom stereocenters. The van der Waals surface area contributed by atoms with Crippen LogP contribution in [0, 0.1) is 0 Å². The average molecular weight is 1260 g/mol. The smallest absolute Gasteiger partial charge is 0.126 e. The summed E-state index contributed by atoms with van der Waals surface area (Å²) in [6.45, 7) is 0. The van der Waals surface area contributed by atoms with Crippen molar-refractivity contribution in [2.24, 2.45) is 0 Å². The van der Waals surface area contributed by atoms with E-state index in [1.807, 2.05) is 28.4 Å². The Morgan fingerprint density at radius 2 is 0.385 bits per heavy atom. The zero-order chi connectivity index (χ0) is 62.3. The Balaban J connectivity index is 0.878. The van der Waals surface area contributed by atoms with Gasteiger partial charge in [0.1, 0.15) is 23.0 Å². The van der Waals surface area contributed by atoms with E-state index in [4.69, 9.17) is 28.9 Å². The van der Waals surface area contributed by atoms with Crippen molar-refractivity contribution in [2.45, 2.75) is 249 Å². The molecule has 4 aromatic carbocycles. The number of aromatic amines is 2. The molecule has 2 aliphatic heterocycles. The molecule has 24 bridgehead atoms. The minimum absolute atomic E-state index is 0.512. The molecule has 5 heterocycles. The summed E-state index contributed by atoms with van der Waals surface area (Å²) in [6, 6.07) is 10.1. The highest BCUT2D eigenvalue weighted by Crippen LogP contribution is 2.73. The molecule has 0 radical (unpaired) electrons. The molecule has 8 nitrogen and oxygen atoms in total. The predicted octanol–water partition coefficient (Wildman–Crippen LogP) is 22.3. The number of rotatable bonds is 8. The molecule has 7 aromatic rings. The molecule has 0 saturated heterocycles. The summed E-state index contributed by atoms with van der Waals surface area (Å²) >= 11 is 0. The molecule has 16 aliphatic carbocycles. The van der Waals surface area contributed by atoms with Gasteiger partial charge in [0.05, 0.1) is 51.2 Å². The van der Waals surface area contributed by atoms with Crippen LogP contribution in [0.4, 0.5) is 0 Å². The largest absolute Gasteiger partial charge is 0.496 e. The molecular weight excluding hydrogens is 1180 g/mol. The molecule has 3 aromatic heterocycles. The van der Waals surface area contributed by atoms with Gasteiger partial charge in [-0.05, 0) is 364 Å². The zero-order valence-electron chi connectivity index (χ0n) is 56.4. The Labute approximate surface area is 562 Å². The molecule has 25 rings (SSSR count). The fraction of sp³-hybridized carbons (Fsp3) is 0.500. The maximum absolute atomic E-state index is 6.82. The van der Waals surface area contributed by atoms with E-state index in [1.54, 1.807) is 89.0 Å². The van der Waals surface area contributed by atoms with Crippen LogP contribution in [0.25, 0.3) is 90.9 Å². The topological polar surface area (TPSA) is 94.3 Å². The highest BCUT2D eigenvalue weighted by atomic mass is 16.5. The second kappa shape index (κ2) is 18.5. The van der Waals surface area contributed by atoms with Crippen LogP contribution in [0.1, 0.15) is 361 Å². The minimum Gasteiger partial charge on any atom is -0.496 e. The average Bonchev–Trinajstić information content (AvgIpc) is 1.54. The summed E-state index contributed by atoms with van der Waals surface area (Å²) < 4.78 is 27.3.